The van der Waals surface area contributed by atoms with Gasteiger partial charge in [-0.05, 0) is 54.8 Å². The highest BCUT2D eigenvalue weighted by atomic mass is 32.2. The van der Waals surface area contributed by atoms with E-state index >= 15 is 0 Å². The van der Waals surface area contributed by atoms with Crippen LogP contribution in [-0.4, -0.2) is 36.6 Å². The second-order valence-corrected chi connectivity index (χ2v) is 11.7. The SMILES string of the molecule is Cc1ccc(CN(Cc2ccccc2)C(=O)CN(CC(C)C)S(=O)(=O)c2ccc(F)cc2)s1. The molecule has 0 N–H and O–H groups in total. The number of nitrogens with zero attached hydrogens (tertiary/aromatic N) is 2. The van der Waals surface area contributed by atoms with Crippen LogP contribution in [0.2, 0.25) is 0 Å². The molecule has 1 amide bonds. The second-order valence-electron chi connectivity index (χ2n) is 8.39. The zero-order valence-corrected chi connectivity index (χ0v) is 20.7. The van der Waals surface area contributed by atoms with E-state index in [2.05, 4.69) is 0 Å². The van der Waals surface area contributed by atoms with E-state index in [-0.39, 0.29) is 29.8 Å². The number of thiophene rings is 1. The summed E-state index contributed by atoms with van der Waals surface area (Å²) in [6.45, 7) is 6.48. The van der Waals surface area contributed by atoms with Crippen molar-refractivity contribution >= 4 is 27.3 Å². The molecule has 0 fully saturated rings. The van der Waals surface area contributed by atoms with Crippen LogP contribution in [-0.2, 0) is 27.9 Å². The van der Waals surface area contributed by atoms with Crippen LogP contribution < -0.4 is 0 Å². The number of carbonyl (C=O) groups is 1. The fourth-order valence-electron chi connectivity index (χ4n) is 3.46. The molecular formula is C25H29FN2O3S2. The van der Waals surface area contributed by atoms with E-state index in [0.29, 0.717) is 13.1 Å². The van der Waals surface area contributed by atoms with Gasteiger partial charge in [0.1, 0.15) is 5.82 Å². The number of rotatable bonds is 10. The molecule has 8 heteroatoms. The van der Waals surface area contributed by atoms with Gasteiger partial charge in [0.05, 0.1) is 18.0 Å². The topological polar surface area (TPSA) is 57.7 Å². The summed E-state index contributed by atoms with van der Waals surface area (Å²) < 4.78 is 41.1. The molecule has 0 atom stereocenters. The Hall–Kier alpha value is -2.55. The average molecular weight is 489 g/mol. The molecule has 0 saturated carbocycles. The third-order valence-electron chi connectivity index (χ3n) is 5.04. The van der Waals surface area contributed by atoms with Crippen LogP contribution in [0.4, 0.5) is 4.39 Å². The fourth-order valence-corrected chi connectivity index (χ4v) is 5.91. The van der Waals surface area contributed by atoms with Gasteiger partial charge in [0.15, 0.2) is 0 Å². The van der Waals surface area contributed by atoms with Crippen molar-refractivity contribution in [2.24, 2.45) is 5.92 Å². The van der Waals surface area contributed by atoms with E-state index in [9.17, 15) is 17.6 Å². The van der Waals surface area contributed by atoms with Crippen LogP contribution in [0, 0.1) is 18.7 Å². The van der Waals surface area contributed by atoms with Crippen LogP contribution >= 0.6 is 11.3 Å². The summed E-state index contributed by atoms with van der Waals surface area (Å²) in [5.41, 5.74) is 0.968. The molecule has 1 aromatic heterocycles. The molecule has 33 heavy (non-hydrogen) atoms. The Bertz CT molecular complexity index is 1160. The first-order valence-electron chi connectivity index (χ1n) is 10.8. The lowest BCUT2D eigenvalue weighted by molar-refractivity contribution is -0.132. The largest absolute Gasteiger partial charge is 0.332 e. The standard InChI is InChI=1S/C25H29FN2O3S2/c1-19(2)15-28(33(30,31)24-13-10-22(26)11-14-24)18-25(29)27(16-21-7-5-4-6-8-21)17-23-12-9-20(3)32-23/h4-14,19H,15-18H2,1-3H3. The summed E-state index contributed by atoms with van der Waals surface area (Å²) >= 11 is 1.62. The fraction of sp³-hybridized carbons (Fsp3) is 0.320. The number of carbonyl (C=O) groups excluding carboxylic acids is 1. The van der Waals surface area contributed by atoms with Crippen molar-refractivity contribution in [2.75, 3.05) is 13.1 Å². The van der Waals surface area contributed by atoms with Crippen molar-refractivity contribution in [3.63, 3.8) is 0 Å². The zero-order valence-electron chi connectivity index (χ0n) is 19.1. The summed E-state index contributed by atoms with van der Waals surface area (Å²) in [6.07, 6.45) is 0. The third kappa shape index (κ3) is 6.96. The second kappa shape index (κ2) is 11.0. The number of aryl methyl sites for hydroxylation is 1. The first-order chi connectivity index (χ1) is 15.6. The molecule has 3 rings (SSSR count). The number of benzene rings is 2. The molecule has 2 aromatic carbocycles. The van der Waals surface area contributed by atoms with Crippen molar-refractivity contribution in [3.8, 4) is 0 Å². The van der Waals surface area contributed by atoms with Crippen LogP contribution in [0.15, 0.2) is 71.6 Å². The lowest BCUT2D eigenvalue weighted by Crippen LogP contribution is -2.43. The molecule has 0 bridgehead atoms. The smallest absolute Gasteiger partial charge is 0.243 e. The minimum absolute atomic E-state index is 0.00976. The van der Waals surface area contributed by atoms with Gasteiger partial charge < -0.3 is 4.90 Å². The summed E-state index contributed by atoms with van der Waals surface area (Å²) in [7, 11) is -3.96. The molecule has 0 aliphatic heterocycles. The third-order valence-corrected chi connectivity index (χ3v) is 7.85. The number of amides is 1. The highest BCUT2D eigenvalue weighted by Gasteiger charge is 2.29. The van der Waals surface area contributed by atoms with Gasteiger partial charge in [-0.2, -0.15) is 4.31 Å². The van der Waals surface area contributed by atoms with E-state index in [4.69, 9.17) is 0 Å². The predicted octanol–water partition coefficient (Wildman–Crippen LogP) is 5.07. The molecule has 0 aliphatic rings. The normalized spacial score (nSPS) is 11.8. The molecule has 0 radical (unpaired) electrons. The maximum absolute atomic E-state index is 13.4. The minimum Gasteiger partial charge on any atom is -0.332 e. The summed E-state index contributed by atoms with van der Waals surface area (Å²) in [5, 5.41) is 0. The van der Waals surface area contributed by atoms with Crippen LogP contribution in [0.3, 0.4) is 0 Å². The highest BCUT2D eigenvalue weighted by Crippen LogP contribution is 2.21. The summed E-state index contributed by atoms with van der Waals surface area (Å²) in [4.78, 5) is 17.3. The van der Waals surface area contributed by atoms with Gasteiger partial charge in [-0.3, -0.25) is 4.79 Å². The zero-order chi connectivity index (χ0) is 24.0. The molecular weight excluding hydrogens is 459 g/mol. The maximum atomic E-state index is 13.4. The molecule has 5 nitrogen and oxygen atoms in total. The Balaban J connectivity index is 1.87. The van der Waals surface area contributed by atoms with E-state index < -0.39 is 15.8 Å². The van der Waals surface area contributed by atoms with Gasteiger partial charge in [0, 0.05) is 22.8 Å². The lowest BCUT2D eigenvalue weighted by Gasteiger charge is -2.28. The van der Waals surface area contributed by atoms with Gasteiger partial charge >= 0.3 is 0 Å². The van der Waals surface area contributed by atoms with Crippen LogP contribution in [0.1, 0.15) is 29.2 Å². The average Bonchev–Trinajstić information content (AvgIpc) is 3.18. The highest BCUT2D eigenvalue weighted by molar-refractivity contribution is 7.89. The number of hydrogen-bond donors (Lipinski definition) is 0. The molecule has 0 unspecified atom stereocenters. The quantitative estimate of drug-likeness (QED) is 0.400. The number of hydrogen-bond acceptors (Lipinski definition) is 4. The van der Waals surface area contributed by atoms with Crippen LogP contribution in [0.25, 0.3) is 0 Å². The van der Waals surface area contributed by atoms with E-state index in [1.54, 1.807) is 16.2 Å². The summed E-state index contributed by atoms with van der Waals surface area (Å²) in [5.74, 6) is -0.785. The molecule has 0 saturated heterocycles. The molecule has 0 spiro atoms. The van der Waals surface area contributed by atoms with Gasteiger partial charge in [-0.1, -0.05) is 44.2 Å². The molecule has 0 aliphatic carbocycles. The molecule has 1 heterocycles. The first-order valence-corrected chi connectivity index (χ1v) is 13.0. The number of halogens is 1. The number of sulfonamides is 1. The summed E-state index contributed by atoms with van der Waals surface area (Å²) in [6, 6.07) is 18.3. The Morgan fingerprint density at radius 2 is 1.64 bits per heavy atom. The van der Waals surface area contributed by atoms with Gasteiger partial charge in [-0.15, -0.1) is 11.3 Å². The van der Waals surface area contributed by atoms with Crippen LogP contribution in [0.5, 0.6) is 0 Å². The van der Waals surface area contributed by atoms with Gasteiger partial charge in [0.25, 0.3) is 0 Å². The Morgan fingerprint density at radius 1 is 0.970 bits per heavy atom. The van der Waals surface area contributed by atoms with E-state index in [1.165, 1.54) is 16.4 Å². The van der Waals surface area contributed by atoms with Gasteiger partial charge in [-0.25, -0.2) is 12.8 Å². The lowest BCUT2D eigenvalue weighted by atomic mass is 10.2. The first kappa shape index (κ1) is 25.1. The van der Waals surface area contributed by atoms with E-state index in [1.807, 2.05) is 63.2 Å². The monoisotopic (exact) mass is 488 g/mol. The van der Waals surface area contributed by atoms with Crippen molar-refractivity contribution < 1.29 is 17.6 Å². The van der Waals surface area contributed by atoms with Crippen molar-refractivity contribution in [1.29, 1.82) is 0 Å². The molecule has 3 aromatic rings. The molecule has 176 valence electrons. The predicted molar refractivity (Wildman–Crippen MR) is 130 cm³/mol. The van der Waals surface area contributed by atoms with Crippen molar-refractivity contribution in [1.82, 2.24) is 9.21 Å². The maximum Gasteiger partial charge on any atom is 0.243 e. The Labute approximate surface area is 199 Å². The Kier molecular flexibility index (Phi) is 8.40. The van der Waals surface area contributed by atoms with Crippen molar-refractivity contribution in [2.45, 2.75) is 38.8 Å². The van der Waals surface area contributed by atoms with Crippen molar-refractivity contribution in [3.05, 3.63) is 87.9 Å². The minimum atomic E-state index is -3.96. The Morgan fingerprint density at radius 3 is 2.21 bits per heavy atom. The van der Waals surface area contributed by atoms with Gasteiger partial charge in [0.2, 0.25) is 15.9 Å². The van der Waals surface area contributed by atoms with E-state index in [0.717, 1.165) is 27.5 Å².